The Morgan fingerprint density at radius 2 is 2.05 bits per heavy atom. The fourth-order valence-electron chi connectivity index (χ4n) is 2.52. The highest BCUT2D eigenvalue weighted by molar-refractivity contribution is 7.10. The topological polar surface area (TPSA) is 48.7 Å². The number of hydrogen-bond acceptors (Lipinski definition) is 4. The molecule has 1 aliphatic rings. The highest BCUT2D eigenvalue weighted by Gasteiger charge is 2.21. The van der Waals surface area contributed by atoms with Crippen molar-refractivity contribution in [2.24, 2.45) is 5.92 Å². The van der Waals surface area contributed by atoms with Crippen LogP contribution >= 0.6 is 23.1 Å². The summed E-state index contributed by atoms with van der Waals surface area (Å²) in [6.07, 6.45) is 2.19. The third kappa shape index (κ3) is 2.44. The van der Waals surface area contributed by atoms with E-state index in [1.165, 1.54) is 22.7 Å². The molecule has 5 heteroatoms. The second-order valence-corrected chi connectivity index (χ2v) is 5.84. The lowest BCUT2D eigenvalue weighted by Gasteiger charge is -2.10. The van der Waals surface area contributed by atoms with Gasteiger partial charge in [-0.15, -0.1) is 0 Å². The number of nitrogens with one attached hydrogen (secondary N) is 1. The molecule has 96 valence electrons. The first-order valence-corrected chi connectivity index (χ1v) is 7.29. The van der Waals surface area contributed by atoms with Gasteiger partial charge >= 0.3 is 0 Å². The zero-order valence-electron chi connectivity index (χ0n) is 10.2. The van der Waals surface area contributed by atoms with Crippen molar-refractivity contribution >= 4 is 28.1 Å². The summed E-state index contributed by atoms with van der Waals surface area (Å²) < 4.78 is 3.99. The fourth-order valence-corrected chi connectivity index (χ4v) is 3.46. The van der Waals surface area contributed by atoms with Crippen LogP contribution in [0.25, 0.3) is 0 Å². The van der Waals surface area contributed by atoms with Crippen LogP contribution in [0.1, 0.15) is 16.7 Å². The SMILES string of the molecule is N#Cc1c(Cl)nsc1NCC1Cc2ccccc2C1. The van der Waals surface area contributed by atoms with Gasteiger partial charge in [-0.2, -0.15) is 9.64 Å². The summed E-state index contributed by atoms with van der Waals surface area (Å²) >= 11 is 7.10. The van der Waals surface area contributed by atoms with E-state index < -0.39 is 0 Å². The summed E-state index contributed by atoms with van der Waals surface area (Å²) in [5.74, 6) is 0.574. The van der Waals surface area contributed by atoms with Crippen LogP contribution in [0.5, 0.6) is 0 Å². The van der Waals surface area contributed by atoms with E-state index >= 15 is 0 Å². The van der Waals surface area contributed by atoms with Gasteiger partial charge in [0.05, 0.1) is 0 Å². The van der Waals surface area contributed by atoms with Crippen LogP contribution in [0.15, 0.2) is 24.3 Å². The van der Waals surface area contributed by atoms with Gasteiger partial charge in [0.2, 0.25) is 0 Å². The lowest BCUT2D eigenvalue weighted by molar-refractivity contribution is 0.594. The predicted molar refractivity (Wildman–Crippen MR) is 77.7 cm³/mol. The van der Waals surface area contributed by atoms with Crippen molar-refractivity contribution in [3.8, 4) is 6.07 Å². The summed E-state index contributed by atoms with van der Waals surface area (Å²) in [4.78, 5) is 0. The molecule has 3 rings (SSSR count). The summed E-state index contributed by atoms with van der Waals surface area (Å²) in [6, 6.07) is 10.7. The first-order chi connectivity index (χ1) is 9.28. The maximum Gasteiger partial charge on any atom is 0.162 e. The minimum atomic E-state index is 0.296. The van der Waals surface area contributed by atoms with E-state index in [1.807, 2.05) is 0 Å². The van der Waals surface area contributed by atoms with E-state index in [-0.39, 0.29) is 0 Å². The van der Waals surface area contributed by atoms with Crippen molar-refractivity contribution in [1.29, 1.82) is 5.26 Å². The number of nitriles is 1. The van der Waals surface area contributed by atoms with Gasteiger partial charge in [-0.3, -0.25) is 0 Å². The second kappa shape index (κ2) is 5.20. The minimum absolute atomic E-state index is 0.296. The van der Waals surface area contributed by atoms with Gasteiger partial charge in [-0.05, 0) is 41.4 Å². The van der Waals surface area contributed by atoms with Crippen LogP contribution in [0.4, 0.5) is 5.00 Å². The van der Waals surface area contributed by atoms with Crippen LogP contribution in [-0.4, -0.2) is 10.9 Å². The monoisotopic (exact) mass is 289 g/mol. The molecule has 0 aliphatic heterocycles. The molecule has 3 nitrogen and oxygen atoms in total. The highest BCUT2D eigenvalue weighted by Crippen LogP contribution is 2.30. The van der Waals surface area contributed by atoms with Crippen LogP contribution in [0.2, 0.25) is 5.15 Å². The van der Waals surface area contributed by atoms with E-state index in [4.69, 9.17) is 16.9 Å². The van der Waals surface area contributed by atoms with Crippen LogP contribution < -0.4 is 5.32 Å². The van der Waals surface area contributed by atoms with Crippen LogP contribution in [0, 0.1) is 17.2 Å². The van der Waals surface area contributed by atoms with Gasteiger partial charge in [-0.1, -0.05) is 35.9 Å². The molecule has 0 unspecified atom stereocenters. The molecule has 0 saturated carbocycles. The quantitative estimate of drug-likeness (QED) is 0.941. The van der Waals surface area contributed by atoms with E-state index in [0.29, 0.717) is 16.6 Å². The van der Waals surface area contributed by atoms with Crippen molar-refractivity contribution in [1.82, 2.24) is 4.37 Å². The number of hydrogen-bond donors (Lipinski definition) is 1. The van der Waals surface area contributed by atoms with Crippen LogP contribution in [-0.2, 0) is 12.8 Å². The number of rotatable bonds is 3. The number of aromatic nitrogens is 1. The smallest absolute Gasteiger partial charge is 0.162 e. The van der Waals surface area contributed by atoms with Crippen molar-refractivity contribution in [3.63, 3.8) is 0 Å². The van der Waals surface area contributed by atoms with Crippen molar-refractivity contribution in [3.05, 3.63) is 46.1 Å². The van der Waals surface area contributed by atoms with E-state index in [9.17, 15) is 0 Å². The molecule has 0 saturated heterocycles. The second-order valence-electron chi connectivity index (χ2n) is 4.71. The maximum absolute atomic E-state index is 9.01. The van der Waals surface area contributed by atoms with Gasteiger partial charge < -0.3 is 5.32 Å². The van der Waals surface area contributed by atoms with Gasteiger partial charge in [0, 0.05) is 6.54 Å². The van der Waals surface area contributed by atoms with Crippen molar-refractivity contribution in [2.45, 2.75) is 12.8 Å². The number of anilines is 1. The number of halogens is 1. The molecule has 0 fully saturated rings. The Labute approximate surface area is 121 Å². The number of nitrogens with zero attached hydrogens (tertiary/aromatic N) is 2. The zero-order chi connectivity index (χ0) is 13.2. The first kappa shape index (κ1) is 12.5. The molecule has 0 bridgehead atoms. The molecular formula is C14H12ClN3S. The van der Waals surface area contributed by atoms with Crippen molar-refractivity contribution < 1.29 is 0 Å². The largest absolute Gasteiger partial charge is 0.374 e. The van der Waals surface area contributed by atoms with Gasteiger partial charge in [-0.25, -0.2) is 0 Å². The Morgan fingerprint density at radius 1 is 1.37 bits per heavy atom. The van der Waals surface area contributed by atoms with E-state index in [2.05, 4.69) is 40.0 Å². The summed E-state index contributed by atoms with van der Waals surface area (Å²) in [5, 5.41) is 13.4. The Bertz CT molecular complexity index is 619. The Hall–Kier alpha value is -1.57. The molecule has 0 spiro atoms. The minimum Gasteiger partial charge on any atom is -0.374 e. The van der Waals surface area contributed by atoms with Crippen molar-refractivity contribution in [2.75, 3.05) is 11.9 Å². The molecule has 1 aromatic carbocycles. The fraction of sp³-hybridized carbons (Fsp3) is 0.286. The molecule has 1 aliphatic carbocycles. The Morgan fingerprint density at radius 3 is 2.68 bits per heavy atom. The Kier molecular flexibility index (Phi) is 3.41. The first-order valence-electron chi connectivity index (χ1n) is 6.14. The average molecular weight is 290 g/mol. The predicted octanol–water partition coefficient (Wildman–Crippen LogP) is 3.50. The molecule has 2 aromatic rings. The Balaban J connectivity index is 1.65. The number of fused-ring (bicyclic) bond motifs is 1. The van der Waals surface area contributed by atoms with E-state index in [0.717, 1.165) is 24.4 Å². The lowest BCUT2D eigenvalue weighted by atomic mass is 10.1. The summed E-state index contributed by atoms with van der Waals surface area (Å²) in [5.41, 5.74) is 3.34. The molecular weight excluding hydrogens is 278 g/mol. The summed E-state index contributed by atoms with van der Waals surface area (Å²) in [7, 11) is 0. The lowest BCUT2D eigenvalue weighted by Crippen LogP contribution is -2.14. The number of benzene rings is 1. The molecule has 19 heavy (non-hydrogen) atoms. The molecule has 1 heterocycles. The molecule has 1 N–H and O–H groups in total. The van der Waals surface area contributed by atoms with E-state index in [1.54, 1.807) is 0 Å². The zero-order valence-corrected chi connectivity index (χ0v) is 11.8. The van der Waals surface area contributed by atoms with Gasteiger partial charge in [0.1, 0.15) is 16.6 Å². The molecule has 0 atom stereocenters. The molecule has 1 aromatic heterocycles. The molecule has 0 radical (unpaired) electrons. The maximum atomic E-state index is 9.01. The molecule has 0 amide bonds. The highest BCUT2D eigenvalue weighted by atomic mass is 35.5. The average Bonchev–Trinajstić information content (AvgIpc) is 2.99. The summed E-state index contributed by atoms with van der Waals surface area (Å²) in [6.45, 7) is 0.849. The third-order valence-corrected chi connectivity index (χ3v) is 4.63. The van der Waals surface area contributed by atoms with Gasteiger partial charge in [0.15, 0.2) is 5.15 Å². The standard InChI is InChI=1S/C14H12ClN3S/c15-13-12(7-16)14(19-18-13)17-8-9-5-10-3-1-2-4-11(10)6-9/h1-4,9,17H,5-6,8H2. The third-order valence-electron chi connectivity index (χ3n) is 3.45. The normalized spacial score (nSPS) is 14.1. The van der Waals surface area contributed by atoms with Crippen LogP contribution in [0.3, 0.4) is 0 Å². The van der Waals surface area contributed by atoms with Gasteiger partial charge in [0.25, 0.3) is 0 Å².